The van der Waals surface area contributed by atoms with Crippen LogP contribution in [0.15, 0.2) is 42.6 Å². The Labute approximate surface area is 194 Å². The first-order valence-corrected chi connectivity index (χ1v) is 11.0. The molecule has 0 bridgehead atoms. The quantitative estimate of drug-likeness (QED) is 0.565. The van der Waals surface area contributed by atoms with Crippen LogP contribution in [0.1, 0.15) is 28.9 Å². The van der Waals surface area contributed by atoms with Crippen molar-refractivity contribution in [1.82, 2.24) is 15.3 Å². The van der Waals surface area contributed by atoms with Gasteiger partial charge >= 0.3 is 0 Å². The molecular weight excluding hydrogens is 418 g/mol. The molecule has 172 valence electrons. The van der Waals surface area contributed by atoms with E-state index in [0.29, 0.717) is 30.9 Å². The number of nitrogens with one attached hydrogen (secondary N) is 1. The summed E-state index contributed by atoms with van der Waals surface area (Å²) in [5.41, 5.74) is 5.86. The maximum absolute atomic E-state index is 12.4. The van der Waals surface area contributed by atoms with E-state index in [1.54, 1.807) is 20.4 Å². The predicted octanol–water partition coefficient (Wildman–Crippen LogP) is 3.83. The summed E-state index contributed by atoms with van der Waals surface area (Å²) in [5.74, 6) is 2.20. The lowest BCUT2D eigenvalue weighted by molar-refractivity contribution is -0.121. The van der Waals surface area contributed by atoms with Crippen LogP contribution >= 0.6 is 0 Å². The summed E-state index contributed by atoms with van der Waals surface area (Å²) in [6, 6.07) is 11.8. The highest BCUT2D eigenvalue weighted by atomic mass is 16.5. The number of aromatic nitrogens is 2. The van der Waals surface area contributed by atoms with Crippen molar-refractivity contribution in [2.45, 2.75) is 39.2 Å². The molecule has 7 heteroatoms. The van der Waals surface area contributed by atoms with Crippen molar-refractivity contribution in [3.8, 4) is 28.5 Å². The summed E-state index contributed by atoms with van der Waals surface area (Å²) < 4.78 is 16.6. The maximum atomic E-state index is 12.4. The fourth-order valence-corrected chi connectivity index (χ4v) is 4.00. The molecule has 0 saturated heterocycles. The number of amides is 1. The van der Waals surface area contributed by atoms with Crippen LogP contribution < -0.4 is 19.5 Å². The second kappa shape index (κ2) is 9.90. The SMILES string of the molecule is COc1ccc(CCC(=O)NC[C@H]2Cc3cc(-c4nc(C)cnc4C)ccc3O2)cc1OC. The Morgan fingerprint density at radius 1 is 1.12 bits per heavy atom. The van der Waals surface area contributed by atoms with Gasteiger partial charge in [-0.05, 0) is 61.7 Å². The third kappa shape index (κ3) is 5.25. The van der Waals surface area contributed by atoms with Gasteiger partial charge in [-0.3, -0.25) is 9.78 Å². The van der Waals surface area contributed by atoms with Crippen molar-refractivity contribution in [2.75, 3.05) is 20.8 Å². The number of carbonyl (C=O) groups excluding carboxylic acids is 1. The van der Waals surface area contributed by atoms with Gasteiger partial charge < -0.3 is 19.5 Å². The smallest absolute Gasteiger partial charge is 0.220 e. The summed E-state index contributed by atoms with van der Waals surface area (Å²) in [6.07, 6.45) is 3.46. The van der Waals surface area contributed by atoms with Crippen molar-refractivity contribution in [3.05, 3.63) is 65.1 Å². The fourth-order valence-electron chi connectivity index (χ4n) is 4.00. The number of carbonyl (C=O) groups is 1. The third-order valence-corrected chi connectivity index (χ3v) is 5.77. The van der Waals surface area contributed by atoms with Crippen LogP contribution in [0.2, 0.25) is 0 Å². The molecule has 4 rings (SSSR count). The summed E-state index contributed by atoms with van der Waals surface area (Å²) in [6.45, 7) is 4.38. The third-order valence-electron chi connectivity index (χ3n) is 5.77. The number of hydrogen-bond acceptors (Lipinski definition) is 6. The molecule has 2 aromatic carbocycles. The van der Waals surface area contributed by atoms with Gasteiger partial charge in [-0.15, -0.1) is 0 Å². The van der Waals surface area contributed by atoms with Gasteiger partial charge in [0.1, 0.15) is 11.9 Å². The second-order valence-corrected chi connectivity index (χ2v) is 8.21. The van der Waals surface area contributed by atoms with Gasteiger partial charge in [0.25, 0.3) is 0 Å². The molecule has 1 aromatic heterocycles. The molecule has 1 aliphatic heterocycles. The van der Waals surface area contributed by atoms with E-state index in [-0.39, 0.29) is 12.0 Å². The van der Waals surface area contributed by atoms with Crippen molar-refractivity contribution in [2.24, 2.45) is 0 Å². The van der Waals surface area contributed by atoms with Crippen LogP contribution in [0.25, 0.3) is 11.3 Å². The van der Waals surface area contributed by atoms with E-state index < -0.39 is 0 Å². The molecule has 33 heavy (non-hydrogen) atoms. The Balaban J connectivity index is 1.30. The van der Waals surface area contributed by atoms with Crippen molar-refractivity contribution in [1.29, 1.82) is 0 Å². The summed E-state index contributed by atoms with van der Waals surface area (Å²) in [4.78, 5) is 21.4. The molecule has 1 aliphatic rings. The van der Waals surface area contributed by atoms with Crippen LogP contribution in [0.5, 0.6) is 17.2 Å². The van der Waals surface area contributed by atoms with Crippen LogP contribution in [0.3, 0.4) is 0 Å². The average Bonchev–Trinajstić information content (AvgIpc) is 3.24. The Kier molecular flexibility index (Phi) is 6.77. The van der Waals surface area contributed by atoms with Crippen molar-refractivity contribution in [3.63, 3.8) is 0 Å². The maximum Gasteiger partial charge on any atom is 0.220 e. The lowest BCUT2D eigenvalue weighted by atomic mass is 10.0. The second-order valence-electron chi connectivity index (χ2n) is 8.21. The highest BCUT2D eigenvalue weighted by molar-refractivity contribution is 5.76. The van der Waals surface area contributed by atoms with Crippen LogP contribution in [0, 0.1) is 13.8 Å². The van der Waals surface area contributed by atoms with Crippen LogP contribution in [-0.2, 0) is 17.6 Å². The van der Waals surface area contributed by atoms with Gasteiger partial charge in [-0.1, -0.05) is 6.07 Å². The molecule has 1 N–H and O–H groups in total. The molecule has 0 fully saturated rings. The number of ether oxygens (including phenoxy) is 3. The molecule has 2 heterocycles. The number of benzene rings is 2. The van der Waals surface area contributed by atoms with Gasteiger partial charge in [-0.25, -0.2) is 4.98 Å². The zero-order chi connectivity index (χ0) is 23.4. The lowest BCUT2D eigenvalue weighted by Crippen LogP contribution is -2.34. The first kappa shape index (κ1) is 22.6. The molecule has 0 aliphatic carbocycles. The first-order valence-electron chi connectivity index (χ1n) is 11.0. The van der Waals surface area contributed by atoms with Crippen LogP contribution in [0.4, 0.5) is 0 Å². The van der Waals surface area contributed by atoms with Crippen LogP contribution in [-0.4, -0.2) is 42.7 Å². The monoisotopic (exact) mass is 447 g/mol. The Bertz CT molecular complexity index is 1160. The molecular formula is C26H29N3O4. The lowest BCUT2D eigenvalue weighted by Gasteiger charge is -2.12. The van der Waals surface area contributed by atoms with Gasteiger partial charge in [0.2, 0.25) is 5.91 Å². The van der Waals surface area contributed by atoms with Gasteiger partial charge in [0.05, 0.1) is 37.8 Å². The van der Waals surface area contributed by atoms with E-state index in [1.807, 2.05) is 44.2 Å². The minimum atomic E-state index is -0.0787. The largest absolute Gasteiger partial charge is 0.493 e. The number of hydrogen-bond donors (Lipinski definition) is 1. The first-order chi connectivity index (χ1) is 16.0. The van der Waals surface area contributed by atoms with Crippen molar-refractivity contribution >= 4 is 5.91 Å². The molecule has 7 nitrogen and oxygen atoms in total. The zero-order valence-corrected chi connectivity index (χ0v) is 19.5. The van der Waals surface area contributed by atoms with Gasteiger partial charge in [0, 0.05) is 24.6 Å². The molecule has 0 saturated carbocycles. The normalized spacial score (nSPS) is 14.4. The van der Waals surface area contributed by atoms with E-state index >= 15 is 0 Å². The summed E-state index contributed by atoms with van der Waals surface area (Å²) in [7, 11) is 3.21. The standard InChI is InChI=1S/C26H29N3O4/c1-16-14-27-17(2)26(29-16)19-7-9-22-20(12-19)13-21(33-22)15-28-25(30)10-6-18-5-8-23(31-3)24(11-18)32-4/h5,7-9,11-12,14,21H,6,10,13,15H2,1-4H3,(H,28,30)/t21-/m1/s1. The van der Waals surface area contributed by atoms with E-state index in [9.17, 15) is 4.79 Å². The van der Waals surface area contributed by atoms with Gasteiger partial charge in [0.15, 0.2) is 11.5 Å². The number of fused-ring (bicyclic) bond motifs is 1. The molecule has 0 spiro atoms. The zero-order valence-electron chi connectivity index (χ0n) is 19.5. The molecule has 1 amide bonds. The van der Waals surface area contributed by atoms with Crippen molar-refractivity contribution < 1.29 is 19.0 Å². The van der Waals surface area contributed by atoms with E-state index in [2.05, 4.69) is 21.4 Å². The molecule has 1 atom stereocenters. The number of rotatable bonds is 8. The number of nitrogens with zero attached hydrogens (tertiary/aromatic N) is 2. The van der Waals surface area contributed by atoms with E-state index in [0.717, 1.165) is 45.9 Å². The highest BCUT2D eigenvalue weighted by Gasteiger charge is 2.24. The topological polar surface area (TPSA) is 82.6 Å². The molecule has 3 aromatic rings. The number of methoxy groups -OCH3 is 2. The van der Waals surface area contributed by atoms with E-state index in [1.165, 1.54) is 0 Å². The highest BCUT2D eigenvalue weighted by Crippen LogP contribution is 2.33. The Hall–Kier alpha value is -3.61. The average molecular weight is 448 g/mol. The predicted molar refractivity (Wildman–Crippen MR) is 126 cm³/mol. The number of aryl methyl sites for hydroxylation is 3. The molecule has 0 unspecified atom stereocenters. The Morgan fingerprint density at radius 2 is 1.94 bits per heavy atom. The summed E-state index contributed by atoms with van der Waals surface area (Å²) >= 11 is 0. The minimum Gasteiger partial charge on any atom is -0.493 e. The van der Waals surface area contributed by atoms with Gasteiger partial charge in [-0.2, -0.15) is 0 Å². The Morgan fingerprint density at radius 3 is 2.73 bits per heavy atom. The summed E-state index contributed by atoms with van der Waals surface area (Å²) in [5, 5.41) is 3.00. The minimum absolute atomic E-state index is 0.00399. The van der Waals surface area contributed by atoms with E-state index in [4.69, 9.17) is 14.2 Å². The molecule has 0 radical (unpaired) electrons. The fraction of sp³-hybridized carbons (Fsp3) is 0.346.